The molecule has 5 heteroatoms. The Labute approximate surface area is 104 Å². The van der Waals surface area contributed by atoms with Crippen molar-refractivity contribution in [2.24, 2.45) is 5.73 Å². The minimum absolute atomic E-state index is 0.260. The van der Waals surface area contributed by atoms with Gasteiger partial charge in [-0.15, -0.1) is 0 Å². The van der Waals surface area contributed by atoms with Crippen molar-refractivity contribution in [3.63, 3.8) is 0 Å². The van der Waals surface area contributed by atoms with Crippen LogP contribution in [0.3, 0.4) is 0 Å². The molecule has 0 bridgehead atoms. The van der Waals surface area contributed by atoms with Gasteiger partial charge in [-0.2, -0.15) is 0 Å². The van der Waals surface area contributed by atoms with Crippen LogP contribution in [0.2, 0.25) is 0 Å². The number of alkyl carbamates (subject to hydrolysis) is 1. The van der Waals surface area contributed by atoms with Gasteiger partial charge in [0.05, 0.1) is 0 Å². The van der Waals surface area contributed by atoms with E-state index in [4.69, 9.17) is 10.5 Å². The third kappa shape index (κ3) is 10.1. The minimum Gasteiger partial charge on any atom is -0.444 e. The van der Waals surface area contributed by atoms with Gasteiger partial charge in [0.15, 0.2) is 0 Å². The van der Waals surface area contributed by atoms with E-state index >= 15 is 0 Å². The van der Waals surface area contributed by atoms with Gasteiger partial charge in [-0.3, -0.25) is 0 Å². The van der Waals surface area contributed by atoms with Crippen LogP contribution in [0.15, 0.2) is 0 Å². The largest absolute Gasteiger partial charge is 0.444 e. The molecule has 0 aliphatic rings. The fraction of sp³-hybridized carbons (Fsp3) is 0.917. The lowest BCUT2D eigenvalue weighted by molar-refractivity contribution is 0.0522. The first kappa shape index (κ1) is 16.2. The standard InChI is InChI=1S/C12H27N3O2/c1-5-6-10(14-8-7-13)9-15-11(16)17-12(2,3)4/h10,14H,5-9,13H2,1-4H3,(H,15,16). The highest BCUT2D eigenvalue weighted by Crippen LogP contribution is 2.06. The van der Waals surface area contributed by atoms with E-state index in [2.05, 4.69) is 17.6 Å². The van der Waals surface area contributed by atoms with Crippen LogP contribution in [0.25, 0.3) is 0 Å². The number of ether oxygens (including phenoxy) is 1. The molecule has 0 aliphatic heterocycles. The fourth-order valence-electron chi connectivity index (χ4n) is 1.43. The Bertz CT molecular complexity index is 214. The van der Waals surface area contributed by atoms with Crippen molar-refractivity contribution in [3.8, 4) is 0 Å². The molecule has 0 rings (SSSR count). The molecule has 0 saturated carbocycles. The SMILES string of the molecule is CCCC(CNC(=O)OC(C)(C)C)NCCN. The molecule has 0 heterocycles. The molecule has 1 atom stereocenters. The van der Waals surface area contributed by atoms with Gasteiger partial charge in [0, 0.05) is 25.7 Å². The second-order valence-corrected chi connectivity index (χ2v) is 5.11. The number of hydrogen-bond donors (Lipinski definition) is 3. The summed E-state index contributed by atoms with van der Waals surface area (Å²) in [4.78, 5) is 11.5. The molecule has 5 nitrogen and oxygen atoms in total. The van der Waals surface area contributed by atoms with Crippen molar-refractivity contribution in [2.45, 2.75) is 52.2 Å². The van der Waals surface area contributed by atoms with Gasteiger partial charge >= 0.3 is 6.09 Å². The summed E-state index contributed by atoms with van der Waals surface area (Å²) in [7, 11) is 0. The molecule has 102 valence electrons. The Morgan fingerprint density at radius 3 is 2.53 bits per heavy atom. The fourth-order valence-corrected chi connectivity index (χ4v) is 1.43. The molecule has 0 aliphatic carbocycles. The van der Waals surface area contributed by atoms with Gasteiger partial charge in [0.25, 0.3) is 0 Å². The van der Waals surface area contributed by atoms with E-state index in [1.54, 1.807) is 0 Å². The number of rotatable bonds is 7. The van der Waals surface area contributed by atoms with Crippen LogP contribution in [0.5, 0.6) is 0 Å². The van der Waals surface area contributed by atoms with E-state index in [-0.39, 0.29) is 12.1 Å². The summed E-state index contributed by atoms with van der Waals surface area (Å²) >= 11 is 0. The highest BCUT2D eigenvalue weighted by molar-refractivity contribution is 5.67. The average molecular weight is 245 g/mol. The normalized spacial score (nSPS) is 13.2. The van der Waals surface area contributed by atoms with Crippen LogP contribution < -0.4 is 16.4 Å². The van der Waals surface area contributed by atoms with Gasteiger partial charge in [-0.05, 0) is 27.2 Å². The first-order chi connectivity index (χ1) is 7.89. The predicted octanol–water partition coefficient (Wildman–Crippen LogP) is 1.23. The molecule has 0 spiro atoms. The van der Waals surface area contributed by atoms with Crippen molar-refractivity contribution in [2.75, 3.05) is 19.6 Å². The molecule has 0 saturated heterocycles. The van der Waals surface area contributed by atoms with E-state index in [0.717, 1.165) is 19.4 Å². The summed E-state index contributed by atoms with van der Waals surface area (Å²) in [6.45, 7) is 9.61. The number of hydrogen-bond acceptors (Lipinski definition) is 4. The lowest BCUT2D eigenvalue weighted by Gasteiger charge is -2.22. The van der Waals surface area contributed by atoms with Crippen LogP contribution >= 0.6 is 0 Å². The monoisotopic (exact) mass is 245 g/mol. The van der Waals surface area contributed by atoms with Gasteiger partial charge < -0.3 is 21.1 Å². The Kier molecular flexibility index (Phi) is 7.91. The van der Waals surface area contributed by atoms with Crippen molar-refractivity contribution >= 4 is 6.09 Å². The van der Waals surface area contributed by atoms with Crippen LogP contribution in [0.4, 0.5) is 4.79 Å². The van der Waals surface area contributed by atoms with Gasteiger partial charge in [-0.1, -0.05) is 13.3 Å². The lowest BCUT2D eigenvalue weighted by Crippen LogP contribution is -2.44. The zero-order chi connectivity index (χ0) is 13.3. The second-order valence-electron chi connectivity index (χ2n) is 5.11. The maximum Gasteiger partial charge on any atom is 0.407 e. The molecule has 4 N–H and O–H groups in total. The van der Waals surface area contributed by atoms with Crippen molar-refractivity contribution in [1.82, 2.24) is 10.6 Å². The number of nitrogens with two attached hydrogens (primary N) is 1. The highest BCUT2D eigenvalue weighted by atomic mass is 16.6. The number of carbonyl (C=O) groups excluding carboxylic acids is 1. The maximum atomic E-state index is 11.5. The zero-order valence-corrected chi connectivity index (χ0v) is 11.5. The van der Waals surface area contributed by atoms with E-state index < -0.39 is 5.60 Å². The number of nitrogens with one attached hydrogen (secondary N) is 2. The van der Waals surface area contributed by atoms with Gasteiger partial charge in [0.2, 0.25) is 0 Å². The lowest BCUT2D eigenvalue weighted by atomic mass is 10.1. The van der Waals surface area contributed by atoms with Crippen molar-refractivity contribution in [3.05, 3.63) is 0 Å². The highest BCUT2D eigenvalue weighted by Gasteiger charge is 2.16. The topological polar surface area (TPSA) is 76.4 Å². The Hall–Kier alpha value is -0.810. The zero-order valence-electron chi connectivity index (χ0n) is 11.5. The quantitative estimate of drug-likeness (QED) is 0.630. The number of amides is 1. The summed E-state index contributed by atoms with van der Waals surface area (Å²) in [6, 6.07) is 0.260. The molecule has 0 aromatic carbocycles. The molecule has 0 radical (unpaired) electrons. The Morgan fingerprint density at radius 2 is 2.06 bits per heavy atom. The average Bonchev–Trinajstić information content (AvgIpc) is 2.19. The summed E-state index contributed by atoms with van der Waals surface area (Å²) in [5.74, 6) is 0. The molecular weight excluding hydrogens is 218 g/mol. The van der Waals surface area contributed by atoms with E-state index in [1.165, 1.54) is 0 Å². The van der Waals surface area contributed by atoms with Gasteiger partial charge in [0.1, 0.15) is 5.60 Å². The van der Waals surface area contributed by atoms with E-state index in [1.807, 2.05) is 20.8 Å². The van der Waals surface area contributed by atoms with Gasteiger partial charge in [-0.25, -0.2) is 4.79 Å². The molecule has 0 aromatic rings. The maximum absolute atomic E-state index is 11.5. The predicted molar refractivity (Wildman–Crippen MR) is 70.0 cm³/mol. The molecule has 1 unspecified atom stereocenters. The first-order valence-electron chi connectivity index (χ1n) is 6.29. The van der Waals surface area contributed by atoms with Crippen molar-refractivity contribution < 1.29 is 9.53 Å². The Morgan fingerprint density at radius 1 is 1.41 bits per heavy atom. The summed E-state index contributed by atoms with van der Waals surface area (Å²) in [5.41, 5.74) is 4.99. The molecular formula is C12H27N3O2. The number of carbonyl (C=O) groups is 1. The third-order valence-corrected chi connectivity index (χ3v) is 2.11. The van der Waals surface area contributed by atoms with Crippen LogP contribution in [0, 0.1) is 0 Å². The third-order valence-electron chi connectivity index (χ3n) is 2.11. The van der Waals surface area contributed by atoms with E-state index in [9.17, 15) is 4.79 Å². The van der Waals surface area contributed by atoms with Crippen molar-refractivity contribution in [1.29, 1.82) is 0 Å². The summed E-state index contributed by atoms with van der Waals surface area (Å²) in [6.07, 6.45) is 1.71. The van der Waals surface area contributed by atoms with Crippen LogP contribution in [-0.4, -0.2) is 37.4 Å². The smallest absolute Gasteiger partial charge is 0.407 e. The molecule has 0 fully saturated rings. The van der Waals surface area contributed by atoms with E-state index in [0.29, 0.717) is 13.1 Å². The second kappa shape index (κ2) is 8.31. The molecule has 17 heavy (non-hydrogen) atoms. The summed E-state index contributed by atoms with van der Waals surface area (Å²) < 4.78 is 5.17. The van der Waals surface area contributed by atoms with Crippen LogP contribution in [-0.2, 0) is 4.74 Å². The minimum atomic E-state index is -0.449. The summed E-state index contributed by atoms with van der Waals surface area (Å²) in [5, 5.41) is 6.06. The first-order valence-corrected chi connectivity index (χ1v) is 6.29. The molecule has 0 aromatic heterocycles. The van der Waals surface area contributed by atoms with Crippen LogP contribution in [0.1, 0.15) is 40.5 Å². The molecule has 1 amide bonds. The Balaban J connectivity index is 3.90.